The lowest BCUT2D eigenvalue weighted by atomic mass is 9.94. The number of ether oxygens (including phenoxy) is 1. The van der Waals surface area contributed by atoms with Gasteiger partial charge in [-0.15, -0.1) is 0 Å². The topological polar surface area (TPSA) is 29.5 Å². The minimum absolute atomic E-state index is 0.549. The molecule has 0 heterocycles. The monoisotopic (exact) mass is 270 g/mol. The zero-order valence-electron chi connectivity index (χ0n) is 12.6. The van der Waals surface area contributed by atoms with Gasteiger partial charge >= 0.3 is 0 Å². The fourth-order valence-electron chi connectivity index (χ4n) is 2.69. The van der Waals surface area contributed by atoms with Gasteiger partial charge in [-0.1, -0.05) is 30.3 Å². The first kappa shape index (κ1) is 14.6. The molecule has 0 spiro atoms. The molecule has 0 radical (unpaired) electrons. The molecule has 2 aromatic rings. The van der Waals surface area contributed by atoms with E-state index in [4.69, 9.17) is 4.74 Å². The number of aryl methyl sites for hydroxylation is 3. The zero-order chi connectivity index (χ0) is 14.7. The average molecular weight is 270 g/mol. The highest BCUT2D eigenvalue weighted by molar-refractivity contribution is 5.45. The van der Waals surface area contributed by atoms with Crippen molar-refractivity contribution in [1.29, 1.82) is 0 Å². The van der Waals surface area contributed by atoms with E-state index in [0.29, 0.717) is 6.42 Å². The van der Waals surface area contributed by atoms with E-state index < -0.39 is 6.10 Å². The van der Waals surface area contributed by atoms with E-state index in [9.17, 15) is 5.11 Å². The maximum Gasteiger partial charge on any atom is 0.125 e. The van der Waals surface area contributed by atoms with Crippen LogP contribution >= 0.6 is 0 Å². The first-order valence-electron chi connectivity index (χ1n) is 6.90. The highest BCUT2D eigenvalue weighted by Crippen LogP contribution is 2.32. The van der Waals surface area contributed by atoms with Crippen molar-refractivity contribution in [2.75, 3.05) is 7.11 Å². The van der Waals surface area contributed by atoms with Gasteiger partial charge in [-0.05, 0) is 49.1 Å². The predicted molar refractivity (Wildman–Crippen MR) is 82.3 cm³/mol. The summed E-state index contributed by atoms with van der Waals surface area (Å²) in [6, 6.07) is 12.2. The Morgan fingerprint density at radius 2 is 1.75 bits per heavy atom. The molecule has 0 saturated carbocycles. The van der Waals surface area contributed by atoms with Crippen LogP contribution in [0, 0.1) is 20.8 Å². The number of hydrogen-bond donors (Lipinski definition) is 1. The normalized spacial score (nSPS) is 12.2. The van der Waals surface area contributed by atoms with Crippen LogP contribution in [0.25, 0.3) is 0 Å². The van der Waals surface area contributed by atoms with Gasteiger partial charge in [0.1, 0.15) is 5.75 Å². The molecule has 1 N–H and O–H groups in total. The quantitative estimate of drug-likeness (QED) is 0.913. The summed E-state index contributed by atoms with van der Waals surface area (Å²) in [5.74, 6) is 0.767. The summed E-state index contributed by atoms with van der Waals surface area (Å²) in [5.41, 5.74) is 5.48. The van der Waals surface area contributed by atoms with E-state index >= 15 is 0 Å². The average Bonchev–Trinajstić information content (AvgIpc) is 2.40. The van der Waals surface area contributed by atoms with Gasteiger partial charge in [0.05, 0.1) is 13.2 Å². The highest BCUT2D eigenvalue weighted by Gasteiger charge is 2.17. The zero-order valence-corrected chi connectivity index (χ0v) is 12.6. The summed E-state index contributed by atoms with van der Waals surface area (Å²) in [6.07, 6.45) is 0.0547. The Bertz CT molecular complexity index is 602. The SMILES string of the molecule is COc1cc(C)cc(C)c1C(O)Cc1ccccc1C. The third kappa shape index (κ3) is 3.02. The summed E-state index contributed by atoms with van der Waals surface area (Å²) < 4.78 is 5.44. The number of aliphatic hydroxyl groups excluding tert-OH is 1. The lowest BCUT2D eigenvalue weighted by molar-refractivity contribution is 0.173. The lowest BCUT2D eigenvalue weighted by Gasteiger charge is -2.19. The third-order valence-electron chi connectivity index (χ3n) is 3.72. The molecule has 0 saturated heterocycles. The Morgan fingerprint density at radius 1 is 1.05 bits per heavy atom. The van der Waals surface area contributed by atoms with Crippen LogP contribution in [0.4, 0.5) is 0 Å². The molecule has 0 fully saturated rings. The molecule has 0 aliphatic rings. The Kier molecular flexibility index (Phi) is 4.46. The van der Waals surface area contributed by atoms with Crippen LogP contribution in [0.1, 0.15) is 33.9 Å². The Balaban J connectivity index is 2.34. The van der Waals surface area contributed by atoms with Crippen molar-refractivity contribution in [2.45, 2.75) is 33.3 Å². The molecular formula is C18H22O2. The van der Waals surface area contributed by atoms with E-state index in [0.717, 1.165) is 22.4 Å². The van der Waals surface area contributed by atoms with Gasteiger partial charge < -0.3 is 9.84 Å². The van der Waals surface area contributed by atoms with Crippen molar-refractivity contribution in [2.24, 2.45) is 0 Å². The smallest absolute Gasteiger partial charge is 0.125 e. The fourth-order valence-corrected chi connectivity index (χ4v) is 2.69. The number of hydrogen-bond acceptors (Lipinski definition) is 2. The minimum Gasteiger partial charge on any atom is -0.496 e. The largest absolute Gasteiger partial charge is 0.496 e. The molecule has 1 unspecified atom stereocenters. The Labute approximate surface area is 121 Å². The van der Waals surface area contributed by atoms with E-state index in [1.54, 1.807) is 7.11 Å². The van der Waals surface area contributed by atoms with Crippen LogP contribution < -0.4 is 4.74 Å². The van der Waals surface area contributed by atoms with Crippen LogP contribution in [0.15, 0.2) is 36.4 Å². The van der Waals surface area contributed by atoms with E-state index in [1.165, 1.54) is 11.1 Å². The van der Waals surface area contributed by atoms with Crippen molar-refractivity contribution in [3.05, 3.63) is 64.2 Å². The van der Waals surface area contributed by atoms with E-state index in [2.05, 4.69) is 25.1 Å². The van der Waals surface area contributed by atoms with Crippen LogP contribution in [0.3, 0.4) is 0 Å². The van der Waals surface area contributed by atoms with Crippen LogP contribution in [0.5, 0.6) is 5.75 Å². The molecule has 106 valence electrons. The van der Waals surface area contributed by atoms with Crippen molar-refractivity contribution < 1.29 is 9.84 Å². The predicted octanol–water partition coefficient (Wildman–Crippen LogP) is 3.90. The maximum absolute atomic E-state index is 10.6. The first-order chi connectivity index (χ1) is 9.52. The second-order valence-corrected chi connectivity index (χ2v) is 5.34. The minimum atomic E-state index is -0.549. The maximum atomic E-state index is 10.6. The molecule has 2 heteroatoms. The van der Waals surface area contributed by atoms with E-state index in [1.807, 2.05) is 32.0 Å². The van der Waals surface area contributed by atoms with Gasteiger partial charge in [0, 0.05) is 12.0 Å². The molecule has 0 aromatic heterocycles. The fraction of sp³-hybridized carbons (Fsp3) is 0.333. The Morgan fingerprint density at radius 3 is 2.40 bits per heavy atom. The molecular weight excluding hydrogens is 248 g/mol. The molecule has 0 amide bonds. The highest BCUT2D eigenvalue weighted by atomic mass is 16.5. The number of benzene rings is 2. The molecule has 0 aliphatic heterocycles. The molecule has 2 nitrogen and oxygen atoms in total. The lowest BCUT2D eigenvalue weighted by Crippen LogP contribution is -2.07. The van der Waals surface area contributed by atoms with Crippen LogP contribution in [-0.2, 0) is 6.42 Å². The first-order valence-corrected chi connectivity index (χ1v) is 6.90. The molecule has 20 heavy (non-hydrogen) atoms. The molecule has 0 aliphatic carbocycles. The Hall–Kier alpha value is -1.80. The van der Waals surface area contributed by atoms with Gasteiger partial charge in [-0.2, -0.15) is 0 Å². The van der Waals surface area contributed by atoms with Crippen LogP contribution in [-0.4, -0.2) is 12.2 Å². The molecule has 2 rings (SSSR count). The van der Waals surface area contributed by atoms with Gasteiger partial charge in [0.2, 0.25) is 0 Å². The van der Waals surface area contributed by atoms with Crippen molar-refractivity contribution in [1.82, 2.24) is 0 Å². The summed E-state index contributed by atoms with van der Waals surface area (Å²) in [5, 5.41) is 10.6. The number of methoxy groups -OCH3 is 1. The second kappa shape index (κ2) is 6.10. The molecule has 2 aromatic carbocycles. The van der Waals surface area contributed by atoms with Crippen molar-refractivity contribution in [3.8, 4) is 5.75 Å². The third-order valence-corrected chi connectivity index (χ3v) is 3.72. The summed E-state index contributed by atoms with van der Waals surface area (Å²) >= 11 is 0. The number of aliphatic hydroxyl groups is 1. The molecule has 0 bridgehead atoms. The van der Waals surface area contributed by atoms with Crippen molar-refractivity contribution in [3.63, 3.8) is 0 Å². The standard InChI is InChI=1S/C18H22O2/c1-12-9-14(3)18(17(10-12)20-4)16(19)11-15-8-6-5-7-13(15)2/h5-10,16,19H,11H2,1-4H3. The van der Waals surface area contributed by atoms with Gasteiger partial charge in [0.25, 0.3) is 0 Å². The summed E-state index contributed by atoms with van der Waals surface area (Å²) in [6.45, 7) is 6.13. The molecule has 1 atom stereocenters. The van der Waals surface area contributed by atoms with Crippen molar-refractivity contribution >= 4 is 0 Å². The summed E-state index contributed by atoms with van der Waals surface area (Å²) in [7, 11) is 1.65. The van der Waals surface area contributed by atoms with Crippen LogP contribution in [0.2, 0.25) is 0 Å². The van der Waals surface area contributed by atoms with Gasteiger partial charge in [-0.25, -0.2) is 0 Å². The second-order valence-electron chi connectivity index (χ2n) is 5.34. The van der Waals surface area contributed by atoms with E-state index in [-0.39, 0.29) is 0 Å². The summed E-state index contributed by atoms with van der Waals surface area (Å²) in [4.78, 5) is 0. The van der Waals surface area contributed by atoms with Gasteiger partial charge in [0.15, 0.2) is 0 Å². The number of rotatable bonds is 4. The van der Waals surface area contributed by atoms with Gasteiger partial charge in [-0.3, -0.25) is 0 Å².